The van der Waals surface area contributed by atoms with Crippen molar-refractivity contribution >= 4 is 23.4 Å². The summed E-state index contributed by atoms with van der Waals surface area (Å²) in [7, 11) is 0. The molecule has 0 saturated heterocycles. The first-order valence-corrected chi connectivity index (χ1v) is 8.23. The van der Waals surface area contributed by atoms with Crippen molar-refractivity contribution in [1.29, 1.82) is 0 Å². The molecule has 0 saturated carbocycles. The first-order valence-electron chi connectivity index (χ1n) is 7.24. The highest BCUT2D eigenvalue weighted by Gasteiger charge is 2.12. The van der Waals surface area contributed by atoms with Gasteiger partial charge in [0.05, 0.1) is 17.2 Å². The number of hydrazone groups is 1. The number of benzene rings is 1. The van der Waals surface area contributed by atoms with Gasteiger partial charge in [-0.2, -0.15) is 9.78 Å². The number of hydrogen-bond acceptors (Lipinski definition) is 9. The van der Waals surface area contributed by atoms with E-state index in [0.29, 0.717) is 22.3 Å². The Morgan fingerprint density at radius 3 is 2.84 bits per heavy atom. The van der Waals surface area contributed by atoms with E-state index >= 15 is 0 Å². The Morgan fingerprint density at radius 2 is 2.12 bits per heavy atom. The highest BCUT2D eigenvalue weighted by atomic mass is 32.2. The van der Waals surface area contributed by atoms with E-state index in [-0.39, 0.29) is 11.7 Å². The van der Waals surface area contributed by atoms with Gasteiger partial charge in [0.1, 0.15) is 5.69 Å². The summed E-state index contributed by atoms with van der Waals surface area (Å²) in [5.41, 5.74) is 4.89. The van der Waals surface area contributed by atoms with E-state index < -0.39 is 0 Å². The van der Waals surface area contributed by atoms with Gasteiger partial charge in [-0.15, -0.1) is 5.10 Å². The van der Waals surface area contributed by atoms with Crippen LogP contribution in [0.2, 0.25) is 0 Å². The molecule has 2 aromatic heterocycles. The zero-order chi connectivity index (χ0) is 17.6. The third-order valence-electron chi connectivity index (χ3n) is 3.12. The molecule has 10 nitrogen and oxygen atoms in total. The van der Waals surface area contributed by atoms with Crippen LogP contribution in [0, 0.1) is 6.92 Å². The topological polar surface area (TPSA) is 124 Å². The number of hydrogen-bond donors (Lipinski definition) is 1. The van der Waals surface area contributed by atoms with Crippen molar-refractivity contribution in [3.05, 3.63) is 41.7 Å². The summed E-state index contributed by atoms with van der Waals surface area (Å²) < 4.78 is 6.17. The van der Waals surface area contributed by atoms with Gasteiger partial charge in [-0.3, -0.25) is 4.79 Å². The Kier molecular flexibility index (Phi) is 5.14. The number of carbonyl (C=O) groups excluding carboxylic acids is 1. The lowest BCUT2D eigenvalue weighted by Crippen LogP contribution is -2.21. The van der Waals surface area contributed by atoms with Crippen molar-refractivity contribution in [2.75, 3.05) is 5.75 Å². The van der Waals surface area contributed by atoms with Crippen LogP contribution in [0.4, 0.5) is 0 Å². The summed E-state index contributed by atoms with van der Waals surface area (Å²) in [6.45, 7) is 3.45. The van der Waals surface area contributed by atoms with Crippen molar-refractivity contribution in [1.82, 2.24) is 35.9 Å². The number of tetrazole rings is 1. The highest BCUT2D eigenvalue weighted by Crippen LogP contribution is 2.17. The standard InChI is InChI=1S/C14H14N8O2S/c1-9(13-10(2)18-24-19-13)15-16-12(23)8-25-14-17-20-21-22(14)11-6-4-3-5-7-11/h3-7H,8H2,1-2H3,(H,16,23)/b15-9+. The lowest BCUT2D eigenvalue weighted by molar-refractivity contribution is -0.118. The molecule has 0 aliphatic rings. The third-order valence-corrected chi connectivity index (χ3v) is 4.04. The largest absolute Gasteiger partial charge is 0.272 e. The highest BCUT2D eigenvalue weighted by molar-refractivity contribution is 7.99. The van der Waals surface area contributed by atoms with Crippen molar-refractivity contribution in [3.63, 3.8) is 0 Å². The van der Waals surface area contributed by atoms with Gasteiger partial charge in [0.25, 0.3) is 5.91 Å². The maximum absolute atomic E-state index is 12.0. The van der Waals surface area contributed by atoms with Crippen LogP contribution in [-0.4, -0.2) is 47.9 Å². The Hall–Kier alpha value is -3.08. The monoisotopic (exact) mass is 358 g/mol. The smallest absolute Gasteiger partial charge is 0.250 e. The summed E-state index contributed by atoms with van der Waals surface area (Å²) >= 11 is 1.21. The lowest BCUT2D eigenvalue weighted by atomic mass is 10.2. The maximum atomic E-state index is 12.0. The van der Waals surface area contributed by atoms with E-state index in [9.17, 15) is 4.79 Å². The fourth-order valence-electron chi connectivity index (χ4n) is 1.92. The quantitative estimate of drug-likeness (QED) is 0.393. The van der Waals surface area contributed by atoms with Gasteiger partial charge < -0.3 is 0 Å². The minimum atomic E-state index is -0.291. The Labute approximate surface area is 146 Å². The summed E-state index contributed by atoms with van der Waals surface area (Å²) in [6, 6.07) is 9.43. The average molecular weight is 358 g/mol. The minimum Gasteiger partial charge on any atom is -0.272 e. The molecule has 1 aromatic carbocycles. The molecule has 0 bridgehead atoms. The average Bonchev–Trinajstić information content (AvgIpc) is 3.27. The third kappa shape index (κ3) is 4.07. The Morgan fingerprint density at radius 1 is 1.32 bits per heavy atom. The fraction of sp³-hybridized carbons (Fsp3) is 0.214. The van der Waals surface area contributed by atoms with Crippen LogP contribution in [0.1, 0.15) is 18.3 Å². The second kappa shape index (κ2) is 7.66. The predicted molar refractivity (Wildman–Crippen MR) is 89.3 cm³/mol. The zero-order valence-corrected chi connectivity index (χ0v) is 14.3. The van der Waals surface area contributed by atoms with Gasteiger partial charge in [-0.25, -0.2) is 10.1 Å². The molecule has 0 aliphatic heterocycles. The number of para-hydroxylation sites is 1. The summed E-state index contributed by atoms with van der Waals surface area (Å²) in [5.74, 6) is -0.180. The molecular weight excluding hydrogens is 344 g/mol. The summed E-state index contributed by atoms with van der Waals surface area (Å²) in [4.78, 5) is 12.0. The van der Waals surface area contributed by atoms with E-state index in [0.717, 1.165) is 5.69 Å². The van der Waals surface area contributed by atoms with Gasteiger partial charge in [0.2, 0.25) is 5.16 Å². The van der Waals surface area contributed by atoms with Crippen LogP contribution in [0.5, 0.6) is 0 Å². The lowest BCUT2D eigenvalue weighted by Gasteiger charge is -2.03. The van der Waals surface area contributed by atoms with E-state index in [1.165, 1.54) is 11.8 Å². The number of amides is 1. The normalized spacial score (nSPS) is 11.5. The number of rotatable bonds is 6. The van der Waals surface area contributed by atoms with E-state index in [4.69, 9.17) is 0 Å². The molecule has 1 N–H and O–H groups in total. The molecule has 11 heteroatoms. The fourth-order valence-corrected chi connectivity index (χ4v) is 2.60. The molecule has 128 valence electrons. The first-order chi connectivity index (χ1) is 12.1. The molecule has 2 heterocycles. The first kappa shape index (κ1) is 16.8. The van der Waals surface area contributed by atoms with Crippen molar-refractivity contribution in [3.8, 4) is 5.69 Å². The summed E-state index contributed by atoms with van der Waals surface area (Å²) in [5, 5.41) is 23.4. The van der Waals surface area contributed by atoms with Crippen LogP contribution >= 0.6 is 11.8 Å². The number of aromatic nitrogens is 6. The number of aryl methyl sites for hydroxylation is 1. The van der Waals surface area contributed by atoms with Crippen molar-refractivity contribution < 1.29 is 9.42 Å². The van der Waals surface area contributed by atoms with Gasteiger partial charge >= 0.3 is 0 Å². The van der Waals surface area contributed by atoms with Crippen LogP contribution in [-0.2, 0) is 4.79 Å². The second-order valence-corrected chi connectivity index (χ2v) is 5.87. The number of carbonyl (C=O) groups is 1. The number of nitrogens with zero attached hydrogens (tertiary/aromatic N) is 7. The molecule has 0 aliphatic carbocycles. The van der Waals surface area contributed by atoms with E-state index in [1.807, 2.05) is 30.3 Å². The Balaban J connectivity index is 1.59. The molecule has 3 rings (SSSR count). The predicted octanol–water partition coefficient (Wildman–Crippen LogP) is 0.986. The van der Waals surface area contributed by atoms with Crippen LogP contribution < -0.4 is 5.43 Å². The van der Waals surface area contributed by atoms with Gasteiger partial charge in [0, 0.05) is 0 Å². The molecule has 0 radical (unpaired) electrons. The molecule has 3 aromatic rings. The Bertz CT molecular complexity index is 889. The van der Waals surface area contributed by atoms with Gasteiger partial charge in [0.15, 0.2) is 5.69 Å². The summed E-state index contributed by atoms with van der Waals surface area (Å²) in [6.07, 6.45) is 0. The van der Waals surface area contributed by atoms with Crippen LogP contribution in [0.3, 0.4) is 0 Å². The van der Waals surface area contributed by atoms with Crippen molar-refractivity contribution in [2.24, 2.45) is 5.10 Å². The number of nitrogens with one attached hydrogen (secondary N) is 1. The van der Waals surface area contributed by atoms with Crippen LogP contribution in [0.25, 0.3) is 5.69 Å². The van der Waals surface area contributed by atoms with E-state index in [1.54, 1.807) is 18.5 Å². The maximum Gasteiger partial charge on any atom is 0.250 e. The SMILES string of the molecule is C/C(=N\NC(=O)CSc1nnnn1-c1ccccc1)c1nonc1C. The molecule has 0 atom stereocenters. The molecule has 1 amide bonds. The molecule has 0 fully saturated rings. The molecule has 0 unspecified atom stereocenters. The van der Waals surface area contributed by atoms with Crippen LogP contribution in [0.15, 0.2) is 45.2 Å². The second-order valence-electron chi connectivity index (χ2n) is 4.93. The van der Waals surface area contributed by atoms with Gasteiger partial charge in [-0.1, -0.05) is 35.1 Å². The molecule has 25 heavy (non-hydrogen) atoms. The molecule has 0 spiro atoms. The van der Waals surface area contributed by atoms with Crippen molar-refractivity contribution in [2.45, 2.75) is 19.0 Å². The number of thioether (sulfide) groups is 1. The van der Waals surface area contributed by atoms with Gasteiger partial charge in [-0.05, 0) is 41.6 Å². The zero-order valence-electron chi connectivity index (χ0n) is 13.4. The minimum absolute atomic E-state index is 0.111. The molecular formula is C14H14N8O2S. The van der Waals surface area contributed by atoms with E-state index in [2.05, 4.69) is 41.0 Å².